The standard InChI is InChI=1S/C12H14N4OS/c1-7(12-15-4-5-18-12)16-10-6-8(11(14)17)2-3-9(10)13/h2-7,16H,13H2,1H3,(H2,14,17). The minimum Gasteiger partial charge on any atom is -0.397 e. The number of carbonyl (C=O) groups is 1. The van der Waals surface area contributed by atoms with E-state index in [2.05, 4.69) is 10.3 Å². The van der Waals surface area contributed by atoms with Crippen LogP contribution < -0.4 is 16.8 Å². The molecule has 1 unspecified atom stereocenters. The third kappa shape index (κ3) is 2.60. The Labute approximate surface area is 109 Å². The summed E-state index contributed by atoms with van der Waals surface area (Å²) in [5.41, 5.74) is 12.8. The normalized spacial score (nSPS) is 12.1. The highest BCUT2D eigenvalue weighted by Crippen LogP contribution is 2.26. The summed E-state index contributed by atoms with van der Waals surface area (Å²) in [7, 11) is 0. The maximum atomic E-state index is 11.1. The van der Waals surface area contributed by atoms with E-state index in [-0.39, 0.29) is 6.04 Å². The summed E-state index contributed by atoms with van der Waals surface area (Å²) < 4.78 is 0. The van der Waals surface area contributed by atoms with Crippen molar-refractivity contribution >= 4 is 28.6 Å². The third-order valence-electron chi connectivity index (χ3n) is 2.53. The second kappa shape index (κ2) is 5.05. The van der Waals surface area contributed by atoms with Crippen molar-refractivity contribution in [2.45, 2.75) is 13.0 Å². The molecule has 5 N–H and O–H groups in total. The largest absolute Gasteiger partial charge is 0.397 e. The van der Waals surface area contributed by atoms with Gasteiger partial charge in [-0.05, 0) is 25.1 Å². The number of aromatic nitrogens is 1. The van der Waals surface area contributed by atoms with Gasteiger partial charge in [0.05, 0.1) is 17.4 Å². The molecule has 0 saturated heterocycles. The Hall–Kier alpha value is -2.08. The van der Waals surface area contributed by atoms with Crippen molar-refractivity contribution < 1.29 is 4.79 Å². The molecular formula is C12H14N4OS. The molecule has 0 bridgehead atoms. The minimum absolute atomic E-state index is 0.0235. The highest BCUT2D eigenvalue weighted by molar-refractivity contribution is 7.09. The summed E-state index contributed by atoms with van der Waals surface area (Å²) >= 11 is 1.56. The molecule has 1 atom stereocenters. The number of thiazole rings is 1. The molecule has 0 saturated carbocycles. The Kier molecular flexibility index (Phi) is 3.47. The van der Waals surface area contributed by atoms with Gasteiger partial charge in [-0.2, -0.15) is 0 Å². The third-order valence-corrected chi connectivity index (χ3v) is 3.49. The first-order chi connectivity index (χ1) is 8.58. The lowest BCUT2D eigenvalue weighted by Crippen LogP contribution is -2.13. The van der Waals surface area contributed by atoms with Crippen LogP contribution in [-0.2, 0) is 0 Å². The quantitative estimate of drug-likeness (QED) is 0.734. The predicted molar refractivity (Wildman–Crippen MR) is 73.5 cm³/mol. The van der Waals surface area contributed by atoms with E-state index in [1.807, 2.05) is 12.3 Å². The van der Waals surface area contributed by atoms with Gasteiger partial charge in [0, 0.05) is 17.1 Å². The molecule has 0 fully saturated rings. The van der Waals surface area contributed by atoms with Crippen LogP contribution >= 0.6 is 11.3 Å². The zero-order chi connectivity index (χ0) is 13.1. The highest BCUT2D eigenvalue weighted by Gasteiger charge is 2.11. The maximum Gasteiger partial charge on any atom is 0.248 e. The van der Waals surface area contributed by atoms with Crippen LogP contribution in [-0.4, -0.2) is 10.9 Å². The Balaban J connectivity index is 2.23. The van der Waals surface area contributed by atoms with E-state index < -0.39 is 5.91 Å². The van der Waals surface area contributed by atoms with Gasteiger partial charge in [-0.1, -0.05) is 0 Å². The summed E-state index contributed by atoms with van der Waals surface area (Å²) in [5.74, 6) is -0.472. The van der Waals surface area contributed by atoms with E-state index in [0.29, 0.717) is 16.9 Å². The lowest BCUT2D eigenvalue weighted by molar-refractivity contribution is 0.100. The lowest BCUT2D eigenvalue weighted by atomic mass is 10.1. The molecule has 0 spiro atoms. The molecule has 0 aliphatic rings. The SMILES string of the molecule is CC(Nc1cc(C(N)=O)ccc1N)c1nccs1. The van der Waals surface area contributed by atoms with Crippen molar-refractivity contribution in [1.82, 2.24) is 4.98 Å². The van der Waals surface area contributed by atoms with Crippen molar-refractivity contribution in [2.24, 2.45) is 5.73 Å². The Morgan fingerprint density at radius 3 is 2.89 bits per heavy atom. The predicted octanol–water partition coefficient (Wildman–Crippen LogP) is 2.00. The fraction of sp³-hybridized carbons (Fsp3) is 0.167. The summed E-state index contributed by atoms with van der Waals surface area (Å²) in [6.07, 6.45) is 1.75. The zero-order valence-corrected chi connectivity index (χ0v) is 10.7. The maximum absolute atomic E-state index is 11.1. The van der Waals surface area contributed by atoms with Gasteiger partial charge in [0.2, 0.25) is 5.91 Å². The number of amides is 1. The summed E-state index contributed by atoms with van der Waals surface area (Å²) in [4.78, 5) is 15.3. The number of nitrogens with two attached hydrogens (primary N) is 2. The molecule has 6 heteroatoms. The van der Waals surface area contributed by atoms with Crippen molar-refractivity contribution in [3.8, 4) is 0 Å². The van der Waals surface area contributed by atoms with Gasteiger partial charge in [0.25, 0.3) is 0 Å². The number of benzene rings is 1. The van der Waals surface area contributed by atoms with Crippen molar-refractivity contribution in [3.05, 3.63) is 40.3 Å². The second-order valence-electron chi connectivity index (χ2n) is 3.90. The van der Waals surface area contributed by atoms with Gasteiger partial charge in [0.1, 0.15) is 5.01 Å². The van der Waals surface area contributed by atoms with Gasteiger partial charge in [-0.3, -0.25) is 4.79 Å². The molecule has 0 aliphatic carbocycles. The number of nitrogens with zero attached hydrogens (tertiary/aromatic N) is 1. The van der Waals surface area contributed by atoms with Crippen LogP contribution in [0.4, 0.5) is 11.4 Å². The average Bonchev–Trinajstić information content (AvgIpc) is 2.85. The monoisotopic (exact) mass is 262 g/mol. The van der Waals surface area contributed by atoms with Crippen molar-refractivity contribution in [2.75, 3.05) is 11.1 Å². The van der Waals surface area contributed by atoms with Gasteiger partial charge in [-0.25, -0.2) is 4.98 Å². The first-order valence-corrected chi connectivity index (χ1v) is 6.31. The van der Waals surface area contributed by atoms with E-state index in [4.69, 9.17) is 11.5 Å². The van der Waals surface area contributed by atoms with E-state index >= 15 is 0 Å². The topological polar surface area (TPSA) is 94.0 Å². The second-order valence-corrected chi connectivity index (χ2v) is 4.83. The van der Waals surface area contributed by atoms with Crippen LogP contribution in [0, 0.1) is 0 Å². The summed E-state index contributed by atoms with van der Waals surface area (Å²) in [6.45, 7) is 1.98. The summed E-state index contributed by atoms with van der Waals surface area (Å²) in [5, 5.41) is 6.09. The molecule has 1 aromatic heterocycles. The number of hydrogen-bond donors (Lipinski definition) is 3. The smallest absolute Gasteiger partial charge is 0.248 e. The molecule has 1 aromatic carbocycles. The average molecular weight is 262 g/mol. The number of nitrogen functional groups attached to an aromatic ring is 1. The molecule has 2 aromatic rings. The number of carbonyl (C=O) groups excluding carboxylic acids is 1. The Morgan fingerprint density at radius 2 is 2.28 bits per heavy atom. The fourth-order valence-electron chi connectivity index (χ4n) is 1.58. The van der Waals surface area contributed by atoms with Crippen LogP contribution in [0.3, 0.4) is 0 Å². The van der Waals surface area contributed by atoms with Crippen LogP contribution in [0.25, 0.3) is 0 Å². The van der Waals surface area contributed by atoms with Gasteiger partial charge >= 0.3 is 0 Å². The van der Waals surface area contributed by atoms with E-state index in [9.17, 15) is 4.79 Å². The minimum atomic E-state index is -0.472. The lowest BCUT2D eigenvalue weighted by Gasteiger charge is -2.15. The van der Waals surface area contributed by atoms with Crippen LogP contribution in [0.5, 0.6) is 0 Å². The molecule has 18 heavy (non-hydrogen) atoms. The van der Waals surface area contributed by atoms with E-state index in [0.717, 1.165) is 5.01 Å². The molecule has 0 radical (unpaired) electrons. The molecule has 94 valence electrons. The fourth-order valence-corrected chi connectivity index (χ4v) is 2.22. The van der Waals surface area contributed by atoms with Crippen molar-refractivity contribution in [1.29, 1.82) is 0 Å². The Bertz CT molecular complexity index is 553. The van der Waals surface area contributed by atoms with Crippen LogP contribution in [0.1, 0.15) is 28.3 Å². The first-order valence-electron chi connectivity index (χ1n) is 5.43. The summed E-state index contributed by atoms with van der Waals surface area (Å²) in [6, 6.07) is 4.95. The molecule has 5 nitrogen and oxygen atoms in total. The molecular weight excluding hydrogens is 248 g/mol. The Morgan fingerprint density at radius 1 is 1.50 bits per heavy atom. The number of primary amides is 1. The van der Waals surface area contributed by atoms with Crippen LogP contribution in [0.2, 0.25) is 0 Å². The van der Waals surface area contributed by atoms with Gasteiger partial charge in [0.15, 0.2) is 0 Å². The number of rotatable bonds is 4. The van der Waals surface area contributed by atoms with Crippen LogP contribution in [0.15, 0.2) is 29.8 Å². The number of hydrogen-bond acceptors (Lipinski definition) is 5. The molecule has 0 aliphatic heterocycles. The molecule has 2 rings (SSSR count). The van der Waals surface area contributed by atoms with E-state index in [1.54, 1.807) is 35.7 Å². The van der Waals surface area contributed by atoms with E-state index in [1.165, 1.54) is 0 Å². The molecule has 1 amide bonds. The van der Waals surface area contributed by atoms with Crippen molar-refractivity contribution in [3.63, 3.8) is 0 Å². The first kappa shape index (κ1) is 12.4. The number of nitrogens with one attached hydrogen (secondary N) is 1. The number of anilines is 2. The van der Waals surface area contributed by atoms with Gasteiger partial charge < -0.3 is 16.8 Å². The molecule has 1 heterocycles. The zero-order valence-electron chi connectivity index (χ0n) is 9.88. The van der Waals surface area contributed by atoms with Gasteiger partial charge in [-0.15, -0.1) is 11.3 Å². The highest BCUT2D eigenvalue weighted by atomic mass is 32.1.